The van der Waals surface area contributed by atoms with Crippen molar-refractivity contribution in [3.05, 3.63) is 52.2 Å². The second-order valence-corrected chi connectivity index (χ2v) is 6.67. The van der Waals surface area contributed by atoms with Crippen LogP contribution in [-0.2, 0) is 11.3 Å². The van der Waals surface area contributed by atoms with Crippen LogP contribution < -0.4 is 5.69 Å². The molecule has 1 aliphatic rings. The fraction of sp³-hybridized carbons (Fsp3) is 0.500. The van der Waals surface area contributed by atoms with E-state index in [0.29, 0.717) is 31.8 Å². The molecule has 2 aromatic rings. The van der Waals surface area contributed by atoms with Crippen molar-refractivity contribution in [2.24, 2.45) is 0 Å². The van der Waals surface area contributed by atoms with Crippen LogP contribution in [0.4, 0.5) is 4.79 Å². The molecule has 0 saturated carbocycles. The molecule has 1 aromatic heterocycles. The van der Waals surface area contributed by atoms with Crippen LogP contribution in [0, 0.1) is 0 Å². The number of carbonyl (C=O) groups excluding carboxylic acids is 1. The number of rotatable bonds is 4. The van der Waals surface area contributed by atoms with E-state index in [1.807, 2.05) is 44.2 Å². The molecule has 0 spiro atoms. The number of ether oxygens (including phenoxy) is 1. The van der Waals surface area contributed by atoms with E-state index in [0.717, 1.165) is 5.56 Å². The lowest BCUT2D eigenvalue weighted by molar-refractivity contribution is 0.0818. The van der Waals surface area contributed by atoms with Crippen LogP contribution in [0.1, 0.15) is 50.0 Å². The Morgan fingerprint density at radius 2 is 1.96 bits per heavy atom. The number of hydrogen-bond acceptors (Lipinski definition) is 4. The van der Waals surface area contributed by atoms with Crippen LogP contribution in [0.25, 0.3) is 0 Å². The number of H-pyrrole nitrogens is 1. The van der Waals surface area contributed by atoms with Gasteiger partial charge in [-0.3, -0.25) is 4.98 Å². The van der Waals surface area contributed by atoms with E-state index < -0.39 is 0 Å². The fourth-order valence-electron chi connectivity index (χ4n) is 2.96. The van der Waals surface area contributed by atoms with Gasteiger partial charge >= 0.3 is 11.8 Å². The average Bonchev–Trinajstić information content (AvgIpc) is 3.03. The van der Waals surface area contributed by atoms with E-state index in [1.54, 1.807) is 4.90 Å². The normalized spacial score (nSPS) is 15.6. The number of benzene rings is 1. The third kappa shape index (κ3) is 4.10. The Balaban J connectivity index is 1.53. The summed E-state index contributed by atoms with van der Waals surface area (Å²) >= 11 is 0. The molecule has 1 amide bonds. The van der Waals surface area contributed by atoms with Gasteiger partial charge in [0.25, 0.3) is 0 Å². The Hall–Kier alpha value is -2.57. The van der Waals surface area contributed by atoms with E-state index in [4.69, 9.17) is 4.74 Å². The lowest BCUT2D eigenvalue weighted by Crippen LogP contribution is -2.41. The first-order valence-corrected chi connectivity index (χ1v) is 8.69. The second-order valence-electron chi connectivity index (χ2n) is 6.67. The maximum atomic E-state index is 12.2. The summed E-state index contributed by atoms with van der Waals surface area (Å²) in [5.41, 5.74) is 0.795. The first-order chi connectivity index (χ1) is 12.0. The van der Waals surface area contributed by atoms with Crippen molar-refractivity contribution in [2.75, 3.05) is 13.1 Å². The Bertz CT molecular complexity index is 758. The summed E-state index contributed by atoms with van der Waals surface area (Å²) in [7, 11) is 0. The lowest BCUT2D eigenvalue weighted by Gasteiger charge is -2.30. The SMILES string of the molecule is CC(C)c1nn(C2CCN(C(=O)OCc3ccccc3)CC2)c(=O)[nH]1. The summed E-state index contributed by atoms with van der Waals surface area (Å²) in [6.45, 7) is 5.39. The number of aromatic nitrogens is 3. The van der Waals surface area contributed by atoms with Gasteiger partial charge in [-0.25, -0.2) is 14.3 Å². The number of nitrogens with one attached hydrogen (secondary N) is 1. The highest BCUT2D eigenvalue weighted by molar-refractivity contribution is 5.67. The third-order valence-corrected chi connectivity index (χ3v) is 4.48. The minimum atomic E-state index is -0.306. The molecule has 1 aliphatic heterocycles. The molecule has 2 heterocycles. The van der Waals surface area contributed by atoms with Gasteiger partial charge in [-0.2, -0.15) is 5.10 Å². The van der Waals surface area contributed by atoms with Crippen LogP contribution in [-0.4, -0.2) is 38.8 Å². The molecule has 0 atom stereocenters. The summed E-state index contributed by atoms with van der Waals surface area (Å²) in [5, 5.41) is 4.39. The Labute approximate surface area is 146 Å². The molecule has 7 heteroatoms. The minimum Gasteiger partial charge on any atom is -0.445 e. The molecule has 0 aliphatic carbocycles. The second kappa shape index (κ2) is 7.55. The molecule has 0 bridgehead atoms. The number of nitrogens with zero attached hydrogens (tertiary/aromatic N) is 3. The van der Waals surface area contributed by atoms with E-state index in [2.05, 4.69) is 10.1 Å². The van der Waals surface area contributed by atoms with Crippen molar-refractivity contribution in [1.29, 1.82) is 0 Å². The average molecular weight is 344 g/mol. The van der Waals surface area contributed by atoms with Crippen LogP contribution in [0.2, 0.25) is 0 Å². The van der Waals surface area contributed by atoms with Crippen molar-refractivity contribution in [1.82, 2.24) is 19.7 Å². The molecular weight excluding hydrogens is 320 g/mol. The highest BCUT2D eigenvalue weighted by atomic mass is 16.6. The number of likely N-dealkylation sites (tertiary alicyclic amines) is 1. The molecule has 7 nitrogen and oxygen atoms in total. The van der Waals surface area contributed by atoms with Gasteiger partial charge in [0.05, 0.1) is 6.04 Å². The molecule has 1 fully saturated rings. The van der Waals surface area contributed by atoms with Gasteiger partial charge in [-0.15, -0.1) is 0 Å². The summed E-state index contributed by atoms with van der Waals surface area (Å²) in [6, 6.07) is 9.64. The Kier molecular flexibility index (Phi) is 5.21. The van der Waals surface area contributed by atoms with Crippen LogP contribution in [0.3, 0.4) is 0 Å². The molecule has 0 unspecified atom stereocenters. The third-order valence-electron chi connectivity index (χ3n) is 4.48. The van der Waals surface area contributed by atoms with Crippen molar-refractivity contribution in [2.45, 2.75) is 45.3 Å². The van der Waals surface area contributed by atoms with Gasteiger partial charge in [-0.05, 0) is 18.4 Å². The topological polar surface area (TPSA) is 80.2 Å². The van der Waals surface area contributed by atoms with E-state index in [9.17, 15) is 9.59 Å². The molecule has 1 saturated heterocycles. The van der Waals surface area contributed by atoms with Gasteiger partial charge in [0.2, 0.25) is 0 Å². The van der Waals surface area contributed by atoms with Gasteiger partial charge in [0.1, 0.15) is 12.4 Å². The minimum absolute atomic E-state index is 0.0226. The maximum absolute atomic E-state index is 12.2. The number of amides is 1. The number of aromatic amines is 1. The highest BCUT2D eigenvalue weighted by Crippen LogP contribution is 2.21. The smallest absolute Gasteiger partial charge is 0.410 e. The quantitative estimate of drug-likeness (QED) is 0.925. The molecule has 1 N–H and O–H groups in total. The van der Waals surface area contributed by atoms with Gasteiger partial charge < -0.3 is 9.64 Å². The predicted octanol–water partition coefficient (Wildman–Crippen LogP) is 2.67. The van der Waals surface area contributed by atoms with Gasteiger partial charge in [0, 0.05) is 19.0 Å². The van der Waals surface area contributed by atoms with Crippen molar-refractivity contribution in [3.8, 4) is 0 Å². The van der Waals surface area contributed by atoms with Crippen LogP contribution >= 0.6 is 0 Å². The fourth-order valence-corrected chi connectivity index (χ4v) is 2.96. The predicted molar refractivity (Wildman–Crippen MR) is 93.4 cm³/mol. The summed E-state index contributed by atoms with van der Waals surface area (Å²) in [4.78, 5) is 28.7. The zero-order valence-corrected chi connectivity index (χ0v) is 14.6. The molecular formula is C18H24N4O3. The van der Waals surface area contributed by atoms with Crippen molar-refractivity contribution >= 4 is 6.09 Å². The van der Waals surface area contributed by atoms with Gasteiger partial charge in [0.15, 0.2) is 0 Å². The van der Waals surface area contributed by atoms with Crippen LogP contribution in [0.15, 0.2) is 35.1 Å². The summed E-state index contributed by atoms with van der Waals surface area (Å²) in [5.74, 6) is 0.886. The van der Waals surface area contributed by atoms with Crippen molar-refractivity contribution in [3.63, 3.8) is 0 Å². The Morgan fingerprint density at radius 1 is 1.28 bits per heavy atom. The van der Waals surface area contributed by atoms with Crippen LogP contribution in [0.5, 0.6) is 0 Å². The largest absolute Gasteiger partial charge is 0.445 e. The Morgan fingerprint density at radius 3 is 2.56 bits per heavy atom. The van der Waals surface area contributed by atoms with Crippen molar-refractivity contribution < 1.29 is 9.53 Å². The highest BCUT2D eigenvalue weighted by Gasteiger charge is 2.27. The number of hydrogen-bond donors (Lipinski definition) is 1. The first-order valence-electron chi connectivity index (χ1n) is 8.69. The van der Waals surface area contributed by atoms with Gasteiger partial charge in [-0.1, -0.05) is 44.2 Å². The lowest BCUT2D eigenvalue weighted by atomic mass is 10.1. The monoisotopic (exact) mass is 344 g/mol. The maximum Gasteiger partial charge on any atom is 0.410 e. The first kappa shape index (κ1) is 17.3. The van der Waals surface area contributed by atoms with E-state index in [-0.39, 0.29) is 30.3 Å². The summed E-state index contributed by atoms with van der Waals surface area (Å²) < 4.78 is 6.89. The zero-order valence-electron chi connectivity index (χ0n) is 14.6. The zero-order chi connectivity index (χ0) is 17.8. The summed E-state index contributed by atoms with van der Waals surface area (Å²) in [6.07, 6.45) is 1.09. The van der Waals surface area contributed by atoms with E-state index >= 15 is 0 Å². The molecule has 0 radical (unpaired) electrons. The molecule has 1 aromatic carbocycles. The standard InChI is InChI=1S/C18H24N4O3/c1-13(2)16-19-17(23)22(20-16)15-8-10-21(11-9-15)18(24)25-12-14-6-4-3-5-7-14/h3-7,13,15H,8-12H2,1-2H3,(H,19,20,23). The van der Waals surface area contributed by atoms with E-state index in [1.165, 1.54) is 4.68 Å². The molecule has 25 heavy (non-hydrogen) atoms. The molecule has 134 valence electrons. The number of carbonyl (C=O) groups is 1. The molecule has 3 rings (SSSR count). The number of piperidine rings is 1.